The summed E-state index contributed by atoms with van der Waals surface area (Å²) in [4.78, 5) is 12.4. The van der Waals surface area contributed by atoms with Gasteiger partial charge in [-0.05, 0) is 24.1 Å². The number of aryl methyl sites for hydroxylation is 1. The Balaban J connectivity index is 0.000000506. The van der Waals surface area contributed by atoms with Crippen LogP contribution in [0.5, 0.6) is 0 Å². The number of benzene rings is 1. The Labute approximate surface area is 377 Å². The van der Waals surface area contributed by atoms with Crippen LogP contribution in [0.3, 0.4) is 0 Å². The molecule has 23 nitrogen and oxygen atoms in total. The first kappa shape index (κ1) is 54.4. The first-order valence-electron chi connectivity index (χ1n) is 20.5. The summed E-state index contributed by atoms with van der Waals surface area (Å²) in [5.41, 5.74) is 1.53. The molecule has 64 heavy (non-hydrogen) atoms. The van der Waals surface area contributed by atoms with Crippen molar-refractivity contribution in [1.82, 2.24) is 15.0 Å². The Kier molecular flexibility index (Phi) is 21.0. The lowest BCUT2D eigenvalue weighted by molar-refractivity contribution is -0.386. The first-order valence-corrected chi connectivity index (χ1v) is 24.4. The number of aliphatic hydroxyl groups is 9. The summed E-state index contributed by atoms with van der Waals surface area (Å²) in [7, 11) is -0.849. The zero-order valence-corrected chi connectivity index (χ0v) is 38.0. The Bertz CT molecular complexity index is 1830. The Morgan fingerprint density at radius 1 is 0.953 bits per heavy atom. The van der Waals surface area contributed by atoms with E-state index in [4.69, 9.17) is 28.4 Å². The molecular formula is C38H60N3O20S3-. The predicted octanol–water partition coefficient (Wildman–Crippen LogP) is -2.10. The van der Waals surface area contributed by atoms with E-state index in [1.165, 1.54) is 19.1 Å². The number of hydrogen-bond donors (Lipinski definition) is 10. The molecule has 1 aromatic carbocycles. The summed E-state index contributed by atoms with van der Waals surface area (Å²) in [6.45, 7) is 5.20. The van der Waals surface area contributed by atoms with Crippen molar-refractivity contribution in [2.45, 2.75) is 150 Å². The molecule has 3 saturated heterocycles. The van der Waals surface area contributed by atoms with E-state index in [1.807, 2.05) is 6.92 Å². The van der Waals surface area contributed by atoms with E-state index in [-0.39, 0.29) is 11.5 Å². The van der Waals surface area contributed by atoms with Gasteiger partial charge in [-0.3, -0.25) is 4.68 Å². The minimum atomic E-state index is -4.31. The van der Waals surface area contributed by atoms with E-state index in [9.17, 15) is 68.8 Å². The molecule has 3 aliphatic rings. The van der Waals surface area contributed by atoms with Gasteiger partial charge in [-0.25, -0.2) is 13.2 Å². The monoisotopic (exact) mass is 974 g/mol. The molecule has 0 spiro atoms. The summed E-state index contributed by atoms with van der Waals surface area (Å²) < 4.78 is 68.0. The Hall–Kier alpha value is -2.16. The number of aliphatic carboxylic acids is 1. The lowest BCUT2D eigenvalue weighted by Crippen LogP contribution is -2.68. The molecule has 4 heterocycles. The van der Waals surface area contributed by atoms with Crippen LogP contribution >= 0.6 is 21.6 Å². The molecule has 2 aromatic rings. The number of carbonyl (C=O) groups is 1. The second-order valence-electron chi connectivity index (χ2n) is 15.5. The van der Waals surface area contributed by atoms with Gasteiger partial charge in [0.2, 0.25) is 0 Å². The molecule has 10 N–H and O–H groups in total. The van der Waals surface area contributed by atoms with Gasteiger partial charge in [0.1, 0.15) is 64.6 Å². The van der Waals surface area contributed by atoms with Crippen molar-refractivity contribution in [1.29, 1.82) is 0 Å². The second kappa shape index (κ2) is 24.7. The van der Waals surface area contributed by atoms with Crippen molar-refractivity contribution in [3.63, 3.8) is 0 Å². The van der Waals surface area contributed by atoms with Gasteiger partial charge in [0, 0.05) is 36.3 Å². The lowest BCUT2D eigenvalue weighted by Gasteiger charge is -2.50. The van der Waals surface area contributed by atoms with E-state index in [2.05, 4.69) is 17.2 Å². The SMILES string of the molecule is CCCn1cc(CO[C@@H]2OC(CO)[C@@H](O[C@@H]3O[C@@H](CO)[C@H](O)C(O[C@]4(C(=O)O)C[C@@H](O)[C@@H](C)C([C@H](O)[C@H](O)CO)O4)C3O)[C@H](O)C2C)nn1.CCSSCc1ccc(S(=O)(=O)[O-])cc1. The molecule has 0 radical (unpaired) electrons. The van der Waals surface area contributed by atoms with Crippen LogP contribution in [0.1, 0.15) is 51.8 Å². The third-order valence-corrected chi connectivity index (χ3v) is 14.1. The zero-order valence-electron chi connectivity index (χ0n) is 35.5. The molecule has 1 aromatic heterocycles. The maximum absolute atomic E-state index is 12.6. The van der Waals surface area contributed by atoms with Gasteiger partial charge in [0.05, 0.1) is 55.8 Å². The first-order chi connectivity index (χ1) is 30.2. The molecule has 3 aliphatic heterocycles. The fraction of sp³-hybridized carbons (Fsp3) is 0.763. The number of carboxylic acids is 1. The predicted molar refractivity (Wildman–Crippen MR) is 221 cm³/mol. The van der Waals surface area contributed by atoms with E-state index in [0.29, 0.717) is 12.2 Å². The molecule has 5 rings (SSSR count). The number of nitrogens with zero attached hydrogens (tertiary/aromatic N) is 3. The quantitative estimate of drug-likeness (QED) is 0.0386. The third kappa shape index (κ3) is 13.7. The molecule has 26 heteroatoms. The van der Waals surface area contributed by atoms with Crippen molar-refractivity contribution >= 4 is 37.7 Å². The lowest BCUT2D eigenvalue weighted by atomic mass is 9.84. The van der Waals surface area contributed by atoms with Crippen LogP contribution in [0.25, 0.3) is 0 Å². The summed E-state index contributed by atoms with van der Waals surface area (Å²) in [6, 6.07) is 6.06. The van der Waals surface area contributed by atoms with Crippen LogP contribution in [0.15, 0.2) is 35.4 Å². The molecule has 3 fully saturated rings. The summed E-state index contributed by atoms with van der Waals surface area (Å²) in [6.07, 6.45) is -19.3. The zero-order chi connectivity index (χ0) is 47.5. The average Bonchev–Trinajstić information content (AvgIpc) is 3.72. The summed E-state index contributed by atoms with van der Waals surface area (Å²) in [5, 5.41) is 112. The number of rotatable bonds is 20. The second-order valence-corrected chi connectivity index (χ2v) is 19.7. The maximum Gasteiger partial charge on any atom is 0.364 e. The minimum absolute atomic E-state index is 0.0215. The van der Waals surface area contributed by atoms with Crippen molar-refractivity contribution in [2.24, 2.45) is 11.8 Å². The molecule has 366 valence electrons. The topological polar surface area (TPSA) is 363 Å². The van der Waals surface area contributed by atoms with Crippen LogP contribution in [0, 0.1) is 11.8 Å². The van der Waals surface area contributed by atoms with Gasteiger partial charge in [-0.15, -0.1) is 5.10 Å². The van der Waals surface area contributed by atoms with E-state index < -0.39 is 140 Å². The van der Waals surface area contributed by atoms with E-state index >= 15 is 0 Å². The van der Waals surface area contributed by atoms with Crippen molar-refractivity contribution < 1.29 is 97.3 Å². The van der Waals surface area contributed by atoms with Crippen molar-refractivity contribution in [2.75, 3.05) is 25.6 Å². The molecule has 5 unspecified atom stereocenters. The molecular weight excluding hydrogens is 915 g/mol. The highest BCUT2D eigenvalue weighted by Crippen LogP contribution is 2.40. The molecule has 0 saturated carbocycles. The van der Waals surface area contributed by atoms with E-state index in [1.54, 1.807) is 51.5 Å². The average molecular weight is 975 g/mol. The van der Waals surface area contributed by atoms with Crippen molar-refractivity contribution in [3.8, 4) is 0 Å². The van der Waals surface area contributed by atoms with Gasteiger partial charge in [-0.1, -0.05) is 66.6 Å². The smallest absolute Gasteiger partial charge is 0.364 e. The largest absolute Gasteiger partial charge is 0.744 e. The van der Waals surface area contributed by atoms with Gasteiger partial charge < -0.3 is 84.0 Å². The third-order valence-electron chi connectivity index (χ3n) is 10.8. The molecule has 0 aliphatic carbocycles. The van der Waals surface area contributed by atoms with Gasteiger partial charge in [-0.2, -0.15) is 0 Å². The standard InChI is InChI=1S/C29H49N3O17.C9H12O3S3/c1-4-5-32-7-14(30-31-32)11-44-26-13(3)19(38)24(18(10-35)46-26)47-27-22(41)25(21(40)17(9-34)45-27)49-29(28(42)43)6-15(36)12(2)23(48-29)20(39)16(37)8-33;1-2-13-14-7-8-3-5-9(6-4-8)15(10,11)12/h7,12-13,15-27,33-41H,4-6,8-11H2,1-3H3,(H,42,43);3-6H,2,7H2,1H3,(H,10,11,12)/p-1/t12-,13?,15-,16-,17+,18?,19-,20-,21+,22?,23?,24-,25?,26-,27+,29+;/m1./s1. The highest BCUT2D eigenvalue weighted by Gasteiger charge is 2.59. The molecule has 0 amide bonds. The van der Waals surface area contributed by atoms with Crippen LogP contribution < -0.4 is 0 Å². The highest BCUT2D eigenvalue weighted by molar-refractivity contribution is 8.76. The van der Waals surface area contributed by atoms with Gasteiger partial charge in [0.25, 0.3) is 5.79 Å². The fourth-order valence-electron chi connectivity index (χ4n) is 7.12. The maximum atomic E-state index is 12.6. The van der Waals surface area contributed by atoms with Crippen LogP contribution in [-0.4, -0.2) is 196 Å². The molecule has 0 bridgehead atoms. The van der Waals surface area contributed by atoms with Crippen LogP contribution in [-0.2, 0) is 62.2 Å². The van der Waals surface area contributed by atoms with Crippen LogP contribution in [0.4, 0.5) is 0 Å². The normalized spacial score (nSPS) is 34.4. The Morgan fingerprint density at radius 2 is 1.61 bits per heavy atom. The van der Waals surface area contributed by atoms with Crippen molar-refractivity contribution in [3.05, 3.63) is 41.7 Å². The van der Waals surface area contributed by atoms with Gasteiger partial charge in [0.15, 0.2) is 12.6 Å². The Morgan fingerprint density at radius 3 is 2.19 bits per heavy atom. The summed E-state index contributed by atoms with van der Waals surface area (Å²) >= 11 is 0. The highest BCUT2D eigenvalue weighted by atomic mass is 33.1. The number of hydrogen-bond acceptors (Lipinski definition) is 23. The number of carboxylic acid groups (broad SMARTS) is 1. The molecule has 16 atom stereocenters. The number of aromatic nitrogens is 3. The summed E-state index contributed by atoms with van der Waals surface area (Å²) in [5.74, 6) is -4.55. The van der Waals surface area contributed by atoms with Crippen LogP contribution in [0.2, 0.25) is 0 Å². The minimum Gasteiger partial charge on any atom is -0.744 e. The fourth-order valence-corrected chi connectivity index (χ4v) is 9.33. The van der Waals surface area contributed by atoms with E-state index in [0.717, 1.165) is 23.5 Å². The van der Waals surface area contributed by atoms with Gasteiger partial charge >= 0.3 is 5.97 Å². The number of aliphatic hydroxyl groups excluding tert-OH is 9. The number of ether oxygens (including phenoxy) is 6.